The summed E-state index contributed by atoms with van der Waals surface area (Å²) in [4.78, 5) is 27.3. The maximum atomic E-state index is 10.9. The highest BCUT2D eigenvalue weighted by atomic mass is 31.2. The van der Waals surface area contributed by atoms with Crippen molar-refractivity contribution in [2.24, 2.45) is 0 Å². The van der Waals surface area contributed by atoms with E-state index in [0.717, 1.165) is 51.5 Å². The van der Waals surface area contributed by atoms with E-state index in [9.17, 15) is 4.57 Å². The molecular weight excluding hydrogens is 437 g/mol. The van der Waals surface area contributed by atoms with Crippen LogP contribution in [-0.2, 0) is 17.4 Å². The Morgan fingerprint density at radius 2 is 1.85 bits per heavy atom. The van der Waals surface area contributed by atoms with E-state index in [1.807, 2.05) is 50.4 Å². The third-order valence-corrected chi connectivity index (χ3v) is 6.71. The number of hydrogen-bond donors (Lipinski definition) is 3. The van der Waals surface area contributed by atoms with Gasteiger partial charge in [0.05, 0.1) is 30.0 Å². The number of nitrogens with zero attached hydrogens (tertiary/aromatic N) is 2. The van der Waals surface area contributed by atoms with Crippen molar-refractivity contribution in [3.8, 4) is 5.75 Å². The molecule has 0 radical (unpaired) electrons. The molecule has 0 atom stereocenters. The van der Waals surface area contributed by atoms with Crippen LogP contribution >= 0.6 is 7.60 Å². The van der Waals surface area contributed by atoms with Crippen molar-refractivity contribution in [1.82, 2.24) is 9.97 Å². The maximum Gasteiger partial charge on any atom is 0.325 e. The highest BCUT2D eigenvalue weighted by molar-refractivity contribution is 7.51. The molecule has 33 heavy (non-hydrogen) atoms. The Morgan fingerprint density at radius 1 is 1.03 bits per heavy atom. The van der Waals surface area contributed by atoms with Gasteiger partial charge in [0.1, 0.15) is 5.75 Å². The summed E-state index contributed by atoms with van der Waals surface area (Å²) in [6.07, 6.45) is 3.59. The molecule has 172 valence electrons. The molecular formula is C25H28N3O4P. The van der Waals surface area contributed by atoms with Crippen LogP contribution < -0.4 is 10.5 Å². The average molecular weight is 465 g/mol. The van der Waals surface area contributed by atoms with Crippen molar-refractivity contribution in [3.05, 3.63) is 71.0 Å². The fourth-order valence-corrected chi connectivity index (χ4v) is 4.56. The number of pyridine rings is 2. The number of rotatable bonds is 8. The van der Waals surface area contributed by atoms with Crippen molar-refractivity contribution >= 4 is 35.1 Å². The van der Waals surface area contributed by atoms with Crippen LogP contribution in [-0.4, -0.2) is 32.5 Å². The van der Waals surface area contributed by atoms with Gasteiger partial charge in [-0.2, -0.15) is 0 Å². The SMILES string of the molecule is Cc1cc(OCCCP(=O)(O)O)ccc1CCc1ccc2c(cnc3c(C)ccc(N)c32)n1. The smallest absolute Gasteiger partial charge is 0.325 e. The molecule has 4 rings (SSSR count). The van der Waals surface area contributed by atoms with Gasteiger partial charge in [-0.25, -0.2) is 0 Å². The van der Waals surface area contributed by atoms with Gasteiger partial charge >= 0.3 is 7.60 Å². The molecule has 4 N–H and O–H groups in total. The number of fused-ring (bicyclic) bond motifs is 3. The molecule has 2 aromatic heterocycles. The minimum Gasteiger partial charge on any atom is -0.494 e. The van der Waals surface area contributed by atoms with E-state index in [2.05, 4.69) is 17.1 Å². The van der Waals surface area contributed by atoms with Crippen molar-refractivity contribution < 1.29 is 19.1 Å². The first kappa shape index (κ1) is 23.2. The lowest BCUT2D eigenvalue weighted by Gasteiger charge is -2.11. The molecule has 4 aromatic rings. The molecule has 0 fully saturated rings. The number of ether oxygens (including phenoxy) is 1. The van der Waals surface area contributed by atoms with Gasteiger partial charge in [-0.15, -0.1) is 0 Å². The first-order valence-electron chi connectivity index (χ1n) is 10.9. The molecule has 0 unspecified atom stereocenters. The summed E-state index contributed by atoms with van der Waals surface area (Å²) in [5, 5.41) is 1.97. The van der Waals surface area contributed by atoms with E-state index >= 15 is 0 Å². The van der Waals surface area contributed by atoms with Gasteiger partial charge in [0.2, 0.25) is 0 Å². The van der Waals surface area contributed by atoms with Crippen LogP contribution in [0.25, 0.3) is 21.8 Å². The van der Waals surface area contributed by atoms with Gasteiger partial charge in [0.15, 0.2) is 0 Å². The normalized spacial score (nSPS) is 11.9. The molecule has 0 aliphatic heterocycles. The van der Waals surface area contributed by atoms with Crippen molar-refractivity contribution in [2.45, 2.75) is 33.1 Å². The van der Waals surface area contributed by atoms with Crippen LogP contribution in [0.1, 0.15) is 28.8 Å². The topological polar surface area (TPSA) is 119 Å². The largest absolute Gasteiger partial charge is 0.494 e. The number of nitrogens with two attached hydrogens (primary N) is 1. The van der Waals surface area contributed by atoms with E-state index in [0.29, 0.717) is 17.9 Å². The molecule has 2 aromatic carbocycles. The molecule has 0 saturated heterocycles. The number of nitrogen functional groups attached to an aromatic ring is 1. The summed E-state index contributed by atoms with van der Waals surface area (Å²) in [6.45, 7) is 4.34. The lowest BCUT2D eigenvalue weighted by atomic mass is 10.0. The molecule has 8 heteroatoms. The second-order valence-electron chi connectivity index (χ2n) is 8.37. The van der Waals surface area contributed by atoms with Crippen LogP contribution in [0.3, 0.4) is 0 Å². The Bertz CT molecular complexity index is 1370. The first-order valence-corrected chi connectivity index (χ1v) is 12.7. The van der Waals surface area contributed by atoms with E-state index in [4.69, 9.17) is 25.2 Å². The molecule has 7 nitrogen and oxygen atoms in total. The molecule has 0 bridgehead atoms. The molecule has 0 amide bonds. The predicted molar refractivity (Wildman–Crippen MR) is 132 cm³/mol. The number of aromatic nitrogens is 2. The molecule has 0 spiro atoms. The lowest BCUT2D eigenvalue weighted by molar-refractivity contribution is 0.309. The average Bonchev–Trinajstić information content (AvgIpc) is 2.77. The van der Waals surface area contributed by atoms with Crippen LogP contribution in [0, 0.1) is 13.8 Å². The Balaban J connectivity index is 1.44. The van der Waals surface area contributed by atoms with Crippen LogP contribution in [0.4, 0.5) is 5.69 Å². The van der Waals surface area contributed by atoms with E-state index < -0.39 is 7.60 Å². The fourth-order valence-electron chi connectivity index (χ4n) is 4.01. The summed E-state index contributed by atoms with van der Waals surface area (Å²) in [5.74, 6) is 0.705. The van der Waals surface area contributed by atoms with Gasteiger partial charge in [-0.3, -0.25) is 14.5 Å². The summed E-state index contributed by atoms with van der Waals surface area (Å²) in [7, 11) is -3.97. The maximum absolute atomic E-state index is 10.9. The van der Waals surface area contributed by atoms with Crippen molar-refractivity contribution in [3.63, 3.8) is 0 Å². The third-order valence-electron chi connectivity index (χ3n) is 5.81. The summed E-state index contributed by atoms with van der Waals surface area (Å²) >= 11 is 0. The quantitative estimate of drug-likeness (QED) is 0.149. The van der Waals surface area contributed by atoms with Crippen LogP contribution in [0.5, 0.6) is 5.75 Å². The summed E-state index contributed by atoms with van der Waals surface area (Å²) < 4.78 is 16.5. The zero-order valence-corrected chi connectivity index (χ0v) is 19.7. The Kier molecular flexibility index (Phi) is 6.66. The van der Waals surface area contributed by atoms with Crippen LogP contribution in [0.15, 0.2) is 48.7 Å². The Labute approximate surface area is 192 Å². The minimum atomic E-state index is -3.97. The van der Waals surface area contributed by atoms with Crippen molar-refractivity contribution in [2.75, 3.05) is 18.5 Å². The molecule has 0 saturated carbocycles. The number of anilines is 1. The third kappa shape index (κ3) is 5.50. The molecule has 0 aliphatic carbocycles. The van der Waals surface area contributed by atoms with Crippen LogP contribution in [0.2, 0.25) is 0 Å². The zero-order valence-electron chi connectivity index (χ0n) is 18.8. The Morgan fingerprint density at radius 3 is 2.61 bits per heavy atom. The second-order valence-corrected chi connectivity index (χ2v) is 10.1. The lowest BCUT2D eigenvalue weighted by Crippen LogP contribution is -2.02. The first-order chi connectivity index (χ1) is 15.7. The monoisotopic (exact) mass is 465 g/mol. The van der Waals surface area contributed by atoms with Gasteiger partial charge < -0.3 is 20.3 Å². The zero-order chi connectivity index (χ0) is 23.6. The predicted octanol–water partition coefficient (Wildman–Crippen LogP) is 4.71. The standard InChI is InChI=1S/C25H28N3O4P/c1-16-4-11-22(26)24-21-10-8-19(28-23(21)15-27-25(16)24)7-5-18-6-9-20(14-17(18)2)32-12-3-13-33(29,30)31/h4,6,8-11,14-15H,3,5,7,12-13,26H2,1-2H3,(H2,29,30,31). The highest BCUT2D eigenvalue weighted by Crippen LogP contribution is 2.35. The van der Waals surface area contributed by atoms with Gasteiger partial charge in [0.25, 0.3) is 0 Å². The van der Waals surface area contributed by atoms with E-state index in [1.54, 1.807) is 0 Å². The van der Waals surface area contributed by atoms with E-state index in [-0.39, 0.29) is 12.8 Å². The molecule has 0 aliphatic rings. The van der Waals surface area contributed by atoms with Crippen molar-refractivity contribution in [1.29, 1.82) is 0 Å². The number of benzene rings is 2. The minimum absolute atomic E-state index is 0.166. The second kappa shape index (κ2) is 9.48. The van der Waals surface area contributed by atoms with Gasteiger partial charge in [-0.1, -0.05) is 18.2 Å². The van der Waals surface area contributed by atoms with Gasteiger partial charge in [0, 0.05) is 22.2 Å². The van der Waals surface area contributed by atoms with Gasteiger partial charge in [-0.05, 0) is 74.1 Å². The Hall–Kier alpha value is -2.99. The summed E-state index contributed by atoms with van der Waals surface area (Å²) in [5.41, 5.74) is 13.1. The number of aryl methyl sites for hydroxylation is 4. The van der Waals surface area contributed by atoms with E-state index in [1.165, 1.54) is 5.56 Å². The molecule has 2 heterocycles. The fraction of sp³-hybridized carbons (Fsp3) is 0.280. The summed E-state index contributed by atoms with van der Waals surface area (Å²) in [6, 6.07) is 13.9. The highest BCUT2D eigenvalue weighted by Gasteiger charge is 2.12. The number of hydrogen-bond acceptors (Lipinski definition) is 5.